The molecule has 0 bridgehead atoms. The fourth-order valence-corrected chi connectivity index (χ4v) is 1.85. The van der Waals surface area contributed by atoms with E-state index in [1.54, 1.807) is 6.20 Å². The number of fused-ring (bicyclic) bond motifs is 1. The zero-order chi connectivity index (χ0) is 13.0. The number of nitrogens with zero attached hydrogens (tertiary/aromatic N) is 1. The number of hydrogen-bond acceptors (Lipinski definition) is 3. The lowest BCUT2D eigenvalue weighted by molar-refractivity contribution is -0.119. The first-order valence-electron chi connectivity index (χ1n) is 6.07. The molecule has 2 aromatic rings. The second-order valence-electron chi connectivity index (χ2n) is 4.34. The monoisotopic (exact) mass is 243 g/mol. The number of pyridine rings is 1. The third-order valence-electron chi connectivity index (χ3n) is 2.95. The number of carbonyl (C=O) groups is 1. The van der Waals surface area contributed by atoms with Crippen molar-refractivity contribution in [3.8, 4) is 0 Å². The van der Waals surface area contributed by atoms with Gasteiger partial charge in [0.2, 0.25) is 5.91 Å². The van der Waals surface area contributed by atoms with E-state index in [-0.39, 0.29) is 11.8 Å². The van der Waals surface area contributed by atoms with Gasteiger partial charge >= 0.3 is 0 Å². The molecule has 94 valence electrons. The predicted octanol–water partition coefficient (Wildman–Crippen LogP) is 2.16. The fourth-order valence-electron chi connectivity index (χ4n) is 1.85. The van der Waals surface area contributed by atoms with E-state index in [0.29, 0.717) is 13.0 Å². The Kier molecular flexibility index (Phi) is 3.89. The maximum atomic E-state index is 12.0. The summed E-state index contributed by atoms with van der Waals surface area (Å²) in [5.74, 6) is -0.0845. The third kappa shape index (κ3) is 2.65. The molecule has 0 fully saturated rings. The van der Waals surface area contributed by atoms with Gasteiger partial charge in [0.1, 0.15) is 0 Å². The van der Waals surface area contributed by atoms with Crippen LogP contribution in [0.25, 0.3) is 10.9 Å². The van der Waals surface area contributed by atoms with E-state index < -0.39 is 0 Å². The van der Waals surface area contributed by atoms with Crippen LogP contribution in [0.15, 0.2) is 36.5 Å². The molecule has 0 aliphatic rings. The van der Waals surface area contributed by atoms with E-state index in [1.165, 1.54) is 0 Å². The molecule has 18 heavy (non-hydrogen) atoms. The Morgan fingerprint density at radius 2 is 2.22 bits per heavy atom. The van der Waals surface area contributed by atoms with Gasteiger partial charge in [-0.05, 0) is 37.2 Å². The number of carbonyl (C=O) groups excluding carboxylic acids is 1. The number of anilines is 1. The van der Waals surface area contributed by atoms with Gasteiger partial charge in [-0.3, -0.25) is 9.78 Å². The highest BCUT2D eigenvalue weighted by atomic mass is 16.1. The van der Waals surface area contributed by atoms with Crippen LogP contribution in [0.5, 0.6) is 0 Å². The predicted molar refractivity (Wildman–Crippen MR) is 73.2 cm³/mol. The zero-order valence-corrected chi connectivity index (χ0v) is 10.4. The van der Waals surface area contributed by atoms with Crippen molar-refractivity contribution >= 4 is 22.5 Å². The summed E-state index contributed by atoms with van der Waals surface area (Å²) in [5.41, 5.74) is 7.14. The van der Waals surface area contributed by atoms with Gasteiger partial charge in [-0.2, -0.15) is 0 Å². The lowest BCUT2D eigenvalue weighted by atomic mass is 10.1. The van der Waals surface area contributed by atoms with E-state index in [0.717, 1.165) is 16.6 Å². The summed E-state index contributed by atoms with van der Waals surface area (Å²) in [5, 5.41) is 3.89. The molecular formula is C14H17N3O. The number of amides is 1. The Balaban J connectivity index is 2.24. The molecule has 0 spiro atoms. The van der Waals surface area contributed by atoms with Crippen LogP contribution in [-0.4, -0.2) is 17.4 Å². The van der Waals surface area contributed by atoms with Crippen molar-refractivity contribution in [2.24, 2.45) is 11.7 Å². The van der Waals surface area contributed by atoms with Crippen LogP contribution in [0, 0.1) is 5.92 Å². The minimum Gasteiger partial charge on any atom is -0.330 e. The molecule has 0 radical (unpaired) electrons. The highest BCUT2D eigenvalue weighted by Crippen LogP contribution is 2.22. The fraction of sp³-hybridized carbons (Fsp3) is 0.286. The number of aromatic nitrogens is 1. The van der Waals surface area contributed by atoms with E-state index in [2.05, 4.69) is 10.3 Å². The third-order valence-corrected chi connectivity index (χ3v) is 2.95. The highest BCUT2D eigenvalue weighted by molar-refractivity contribution is 6.01. The first kappa shape index (κ1) is 12.5. The van der Waals surface area contributed by atoms with Gasteiger partial charge in [0.15, 0.2) is 0 Å². The van der Waals surface area contributed by atoms with Crippen molar-refractivity contribution in [2.75, 3.05) is 11.9 Å². The number of nitrogens with two attached hydrogens (primary N) is 1. The standard InChI is InChI=1S/C14H17N3O/c1-10(7-8-15)14(18)17-13-6-2-5-12-11(13)4-3-9-16-12/h2-6,9-10H,7-8,15H2,1H3,(H,17,18). The van der Waals surface area contributed by atoms with Gasteiger partial charge in [0, 0.05) is 17.5 Å². The lowest BCUT2D eigenvalue weighted by Gasteiger charge is -2.12. The highest BCUT2D eigenvalue weighted by Gasteiger charge is 2.13. The molecule has 1 heterocycles. The summed E-state index contributed by atoms with van der Waals surface area (Å²) >= 11 is 0. The molecule has 0 aliphatic carbocycles. The average Bonchev–Trinajstić information content (AvgIpc) is 2.39. The normalized spacial score (nSPS) is 12.3. The molecule has 1 unspecified atom stereocenters. The Bertz CT molecular complexity index is 548. The summed E-state index contributed by atoms with van der Waals surface area (Å²) in [6.45, 7) is 2.40. The van der Waals surface area contributed by atoms with Crippen LogP contribution < -0.4 is 11.1 Å². The molecule has 3 N–H and O–H groups in total. The summed E-state index contributed by atoms with van der Waals surface area (Å²) in [7, 11) is 0. The van der Waals surface area contributed by atoms with Gasteiger partial charge in [-0.15, -0.1) is 0 Å². The van der Waals surface area contributed by atoms with Gasteiger partial charge in [-0.25, -0.2) is 0 Å². The maximum absolute atomic E-state index is 12.0. The second-order valence-corrected chi connectivity index (χ2v) is 4.34. The summed E-state index contributed by atoms with van der Waals surface area (Å²) < 4.78 is 0. The Labute approximate surface area is 106 Å². The van der Waals surface area contributed by atoms with Crippen LogP contribution >= 0.6 is 0 Å². The summed E-state index contributed by atoms with van der Waals surface area (Å²) in [6.07, 6.45) is 2.43. The topological polar surface area (TPSA) is 68.0 Å². The number of hydrogen-bond donors (Lipinski definition) is 2. The maximum Gasteiger partial charge on any atom is 0.227 e. The van der Waals surface area contributed by atoms with Crippen LogP contribution in [0.2, 0.25) is 0 Å². The van der Waals surface area contributed by atoms with Crippen LogP contribution in [0.3, 0.4) is 0 Å². The van der Waals surface area contributed by atoms with Gasteiger partial charge in [0.05, 0.1) is 11.2 Å². The van der Waals surface area contributed by atoms with Crippen LogP contribution in [0.4, 0.5) is 5.69 Å². The molecule has 1 aromatic heterocycles. The number of rotatable bonds is 4. The molecule has 1 atom stereocenters. The van der Waals surface area contributed by atoms with Crippen LogP contribution in [0.1, 0.15) is 13.3 Å². The Morgan fingerprint density at radius 3 is 3.00 bits per heavy atom. The Morgan fingerprint density at radius 1 is 1.39 bits per heavy atom. The quantitative estimate of drug-likeness (QED) is 0.864. The minimum absolute atomic E-state index is 0.00296. The molecule has 4 nitrogen and oxygen atoms in total. The smallest absolute Gasteiger partial charge is 0.227 e. The van der Waals surface area contributed by atoms with E-state index in [1.807, 2.05) is 37.3 Å². The van der Waals surface area contributed by atoms with Crippen molar-refractivity contribution in [1.82, 2.24) is 4.98 Å². The molecule has 0 saturated carbocycles. The molecule has 2 rings (SSSR count). The van der Waals surface area contributed by atoms with Crippen molar-refractivity contribution in [3.05, 3.63) is 36.5 Å². The van der Waals surface area contributed by atoms with Crippen molar-refractivity contribution in [1.29, 1.82) is 0 Å². The zero-order valence-electron chi connectivity index (χ0n) is 10.4. The van der Waals surface area contributed by atoms with Gasteiger partial charge in [-0.1, -0.05) is 13.0 Å². The first-order valence-corrected chi connectivity index (χ1v) is 6.07. The Hall–Kier alpha value is -1.94. The number of nitrogens with one attached hydrogen (secondary N) is 1. The molecule has 0 aliphatic heterocycles. The summed E-state index contributed by atoms with van der Waals surface area (Å²) in [6, 6.07) is 9.51. The lowest BCUT2D eigenvalue weighted by Crippen LogP contribution is -2.22. The number of benzene rings is 1. The molecule has 1 amide bonds. The summed E-state index contributed by atoms with van der Waals surface area (Å²) in [4.78, 5) is 16.2. The second kappa shape index (κ2) is 5.60. The van der Waals surface area contributed by atoms with Crippen molar-refractivity contribution < 1.29 is 4.79 Å². The molecule has 4 heteroatoms. The minimum atomic E-state index is -0.0815. The largest absolute Gasteiger partial charge is 0.330 e. The average molecular weight is 243 g/mol. The van der Waals surface area contributed by atoms with Crippen molar-refractivity contribution in [2.45, 2.75) is 13.3 Å². The van der Waals surface area contributed by atoms with E-state index in [9.17, 15) is 4.79 Å². The van der Waals surface area contributed by atoms with Gasteiger partial charge in [0.25, 0.3) is 0 Å². The van der Waals surface area contributed by atoms with Gasteiger partial charge < -0.3 is 11.1 Å². The molecule has 1 aromatic carbocycles. The van der Waals surface area contributed by atoms with E-state index in [4.69, 9.17) is 5.73 Å². The van der Waals surface area contributed by atoms with Crippen molar-refractivity contribution in [3.63, 3.8) is 0 Å². The van der Waals surface area contributed by atoms with Crippen LogP contribution in [-0.2, 0) is 4.79 Å². The SMILES string of the molecule is CC(CCN)C(=O)Nc1cccc2ncccc12. The van der Waals surface area contributed by atoms with E-state index >= 15 is 0 Å². The first-order chi connectivity index (χ1) is 8.72. The molecule has 0 saturated heterocycles. The molecular weight excluding hydrogens is 226 g/mol.